The molecule has 1 aromatic carbocycles. The number of aryl methyl sites for hydroxylation is 2. The zero-order valence-corrected chi connectivity index (χ0v) is 16.7. The summed E-state index contributed by atoms with van der Waals surface area (Å²) in [5, 5.41) is 1.13. The highest BCUT2D eigenvalue weighted by atomic mass is 32.1. The molecule has 4 rings (SSSR count). The predicted molar refractivity (Wildman–Crippen MR) is 109 cm³/mol. The minimum absolute atomic E-state index is 0.0428. The molecule has 5 heteroatoms. The Morgan fingerprint density at radius 3 is 2.56 bits per heavy atom. The fourth-order valence-corrected chi connectivity index (χ4v) is 4.23. The molecule has 140 valence electrons. The second-order valence-electron chi connectivity index (χ2n) is 7.19. The Labute approximate surface area is 164 Å². The molecule has 3 aromatic rings. The smallest absolute Gasteiger partial charge is 0.112 e. The molecule has 27 heavy (non-hydrogen) atoms. The Morgan fingerprint density at radius 2 is 1.85 bits per heavy atom. The van der Waals surface area contributed by atoms with Gasteiger partial charge in [0.15, 0.2) is 0 Å². The van der Waals surface area contributed by atoms with Crippen LogP contribution in [-0.4, -0.2) is 34.6 Å². The molecule has 0 N–H and O–H groups in total. The fraction of sp³-hybridized carbons (Fsp3) is 0.364. The predicted octanol–water partition coefficient (Wildman–Crippen LogP) is 4.32. The summed E-state index contributed by atoms with van der Waals surface area (Å²) in [6, 6.07) is 13.0. The van der Waals surface area contributed by atoms with Crippen LogP contribution < -0.4 is 0 Å². The van der Waals surface area contributed by atoms with Gasteiger partial charge in [-0.25, -0.2) is 4.98 Å². The maximum atomic E-state index is 5.99. The summed E-state index contributed by atoms with van der Waals surface area (Å²) in [5.41, 5.74) is 4.86. The van der Waals surface area contributed by atoms with Gasteiger partial charge < -0.3 is 4.74 Å². The zero-order valence-electron chi connectivity index (χ0n) is 15.9. The molecule has 0 saturated carbocycles. The standard InChI is InChI=1S/C22H25N3OS/c1-16-3-5-18(6-4-16)11-19-7-8-21(24-12-19)22-15-25(9-10-26-22)14-20-13-23-17(2)27-20/h3-8,12-13,22H,9-11,14-15H2,1-2H3. The summed E-state index contributed by atoms with van der Waals surface area (Å²) in [4.78, 5) is 12.8. The molecule has 0 spiro atoms. The van der Waals surface area contributed by atoms with Crippen molar-refractivity contribution >= 4 is 11.3 Å². The van der Waals surface area contributed by atoms with Crippen LogP contribution in [-0.2, 0) is 17.7 Å². The lowest BCUT2D eigenvalue weighted by Crippen LogP contribution is -2.37. The van der Waals surface area contributed by atoms with E-state index in [-0.39, 0.29) is 6.10 Å². The van der Waals surface area contributed by atoms with E-state index < -0.39 is 0 Å². The number of pyridine rings is 1. The summed E-state index contributed by atoms with van der Waals surface area (Å²) in [6.07, 6.45) is 4.93. The SMILES string of the molecule is Cc1ccc(Cc2ccc(C3CN(Cc4cnc(C)s4)CCO3)nc2)cc1. The number of hydrogen-bond acceptors (Lipinski definition) is 5. The van der Waals surface area contributed by atoms with Crippen LogP contribution in [0.25, 0.3) is 0 Å². The topological polar surface area (TPSA) is 38.2 Å². The maximum Gasteiger partial charge on any atom is 0.112 e. The maximum absolute atomic E-state index is 5.99. The molecule has 0 amide bonds. The van der Waals surface area contributed by atoms with E-state index in [1.165, 1.54) is 21.6 Å². The van der Waals surface area contributed by atoms with Crippen molar-refractivity contribution in [1.29, 1.82) is 0 Å². The number of thiazole rings is 1. The average molecular weight is 380 g/mol. The molecular weight excluding hydrogens is 354 g/mol. The summed E-state index contributed by atoms with van der Waals surface area (Å²) in [7, 11) is 0. The summed E-state index contributed by atoms with van der Waals surface area (Å²) in [5.74, 6) is 0. The molecular formula is C22H25N3OS. The van der Waals surface area contributed by atoms with E-state index in [0.29, 0.717) is 0 Å². The van der Waals surface area contributed by atoms with Gasteiger partial charge in [-0.1, -0.05) is 35.9 Å². The van der Waals surface area contributed by atoms with Gasteiger partial charge in [0, 0.05) is 36.9 Å². The van der Waals surface area contributed by atoms with Crippen LogP contribution in [0.5, 0.6) is 0 Å². The molecule has 1 atom stereocenters. The Hall–Kier alpha value is -2.08. The Kier molecular flexibility index (Phi) is 5.62. The first kappa shape index (κ1) is 18.3. The number of nitrogens with zero attached hydrogens (tertiary/aromatic N) is 3. The van der Waals surface area contributed by atoms with Gasteiger partial charge in [0.25, 0.3) is 0 Å². The molecule has 2 aromatic heterocycles. The lowest BCUT2D eigenvalue weighted by molar-refractivity contribution is -0.0347. The fourth-order valence-electron chi connectivity index (χ4n) is 3.40. The van der Waals surface area contributed by atoms with Gasteiger partial charge in [0.2, 0.25) is 0 Å². The normalized spacial score (nSPS) is 17.9. The van der Waals surface area contributed by atoms with E-state index in [1.54, 1.807) is 11.3 Å². The highest BCUT2D eigenvalue weighted by Crippen LogP contribution is 2.23. The number of ether oxygens (including phenoxy) is 1. The van der Waals surface area contributed by atoms with Crippen LogP contribution in [0.1, 0.15) is 38.4 Å². The highest BCUT2D eigenvalue weighted by molar-refractivity contribution is 7.11. The van der Waals surface area contributed by atoms with E-state index in [0.717, 1.165) is 43.4 Å². The minimum atomic E-state index is 0.0428. The number of rotatable bonds is 5. The van der Waals surface area contributed by atoms with Crippen LogP contribution in [0.15, 0.2) is 48.8 Å². The third-order valence-electron chi connectivity index (χ3n) is 4.91. The molecule has 3 heterocycles. The second kappa shape index (κ2) is 8.30. The van der Waals surface area contributed by atoms with Crippen molar-refractivity contribution in [2.45, 2.75) is 32.9 Å². The molecule has 1 aliphatic heterocycles. The molecule has 0 aliphatic carbocycles. The Balaban J connectivity index is 1.38. The number of benzene rings is 1. The summed E-state index contributed by atoms with van der Waals surface area (Å²) < 4.78 is 5.99. The van der Waals surface area contributed by atoms with E-state index in [9.17, 15) is 0 Å². The lowest BCUT2D eigenvalue weighted by atomic mass is 10.0. The van der Waals surface area contributed by atoms with Gasteiger partial charge in [-0.2, -0.15) is 0 Å². The van der Waals surface area contributed by atoms with E-state index >= 15 is 0 Å². The van der Waals surface area contributed by atoms with E-state index in [2.05, 4.69) is 60.1 Å². The van der Waals surface area contributed by atoms with Crippen molar-refractivity contribution in [3.8, 4) is 0 Å². The van der Waals surface area contributed by atoms with Crippen LogP contribution in [0.2, 0.25) is 0 Å². The van der Waals surface area contributed by atoms with Gasteiger partial charge in [-0.15, -0.1) is 11.3 Å². The third kappa shape index (κ3) is 4.80. The van der Waals surface area contributed by atoms with Gasteiger partial charge in [0.05, 0.1) is 17.3 Å². The van der Waals surface area contributed by atoms with Crippen LogP contribution in [0.4, 0.5) is 0 Å². The molecule has 4 nitrogen and oxygen atoms in total. The van der Waals surface area contributed by atoms with Crippen molar-refractivity contribution in [1.82, 2.24) is 14.9 Å². The van der Waals surface area contributed by atoms with Crippen molar-refractivity contribution in [3.63, 3.8) is 0 Å². The molecule has 1 aliphatic rings. The van der Waals surface area contributed by atoms with Gasteiger partial charge in [-0.05, 0) is 37.5 Å². The van der Waals surface area contributed by atoms with Crippen LogP contribution >= 0.6 is 11.3 Å². The van der Waals surface area contributed by atoms with Gasteiger partial charge >= 0.3 is 0 Å². The largest absolute Gasteiger partial charge is 0.369 e. The van der Waals surface area contributed by atoms with Crippen molar-refractivity contribution in [2.24, 2.45) is 0 Å². The van der Waals surface area contributed by atoms with Gasteiger partial charge in [-0.3, -0.25) is 9.88 Å². The molecule has 1 unspecified atom stereocenters. The first-order chi connectivity index (χ1) is 13.2. The molecule has 1 saturated heterocycles. The lowest BCUT2D eigenvalue weighted by Gasteiger charge is -2.32. The molecule has 1 fully saturated rings. The number of morpholine rings is 1. The first-order valence-corrected chi connectivity index (χ1v) is 10.2. The highest BCUT2D eigenvalue weighted by Gasteiger charge is 2.23. The van der Waals surface area contributed by atoms with Crippen molar-refractivity contribution in [2.75, 3.05) is 19.7 Å². The monoisotopic (exact) mass is 379 g/mol. The third-order valence-corrected chi connectivity index (χ3v) is 5.80. The van der Waals surface area contributed by atoms with Gasteiger partial charge in [0.1, 0.15) is 6.10 Å². The number of hydrogen-bond donors (Lipinski definition) is 0. The quantitative estimate of drug-likeness (QED) is 0.662. The van der Waals surface area contributed by atoms with Crippen molar-refractivity contribution < 1.29 is 4.74 Å². The molecule has 0 radical (unpaired) electrons. The first-order valence-electron chi connectivity index (χ1n) is 9.41. The summed E-state index contributed by atoms with van der Waals surface area (Å²) >= 11 is 1.77. The van der Waals surface area contributed by atoms with Crippen molar-refractivity contribution in [3.05, 3.63) is 81.1 Å². The minimum Gasteiger partial charge on any atom is -0.369 e. The molecule has 0 bridgehead atoms. The second-order valence-corrected chi connectivity index (χ2v) is 8.51. The van der Waals surface area contributed by atoms with Crippen LogP contribution in [0, 0.1) is 13.8 Å². The summed E-state index contributed by atoms with van der Waals surface area (Å²) in [6.45, 7) is 7.69. The average Bonchev–Trinajstić information content (AvgIpc) is 3.09. The van der Waals surface area contributed by atoms with Crippen LogP contribution in [0.3, 0.4) is 0 Å². The number of aromatic nitrogens is 2. The Bertz CT molecular complexity index is 873. The Morgan fingerprint density at radius 1 is 1.04 bits per heavy atom. The zero-order chi connectivity index (χ0) is 18.6. The van der Waals surface area contributed by atoms with E-state index in [4.69, 9.17) is 9.72 Å². The van der Waals surface area contributed by atoms with E-state index in [1.807, 2.05) is 12.4 Å².